The summed E-state index contributed by atoms with van der Waals surface area (Å²) in [5.74, 6) is -0.0272. The summed E-state index contributed by atoms with van der Waals surface area (Å²) in [6.07, 6.45) is 3.28. The van der Waals surface area contributed by atoms with E-state index in [2.05, 4.69) is 10.3 Å². The first kappa shape index (κ1) is 6.39. The molecule has 1 aliphatic rings. The van der Waals surface area contributed by atoms with Gasteiger partial charge in [-0.2, -0.15) is 0 Å². The molecular weight excluding hydrogens is 142 g/mol. The van der Waals surface area contributed by atoms with Crippen LogP contribution >= 0.6 is 0 Å². The van der Waals surface area contributed by atoms with Gasteiger partial charge < -0.3 is 9.88 Å². The van der Waals surface area contributed by atoms with Crippen molar-refractivity contribution < 1.29 is 4.79 Å². The van der Waals surface area contributed by atoms with Gasteiger partial charge >= 0.3 is 0 Å². The second-order valence-corrected chi connectivity index (χ2v) is 2.75. The highest BCUT2D eigenvalue weighted by atomic mass is 16.2. The predicted molar refractivity (Wildman–Crippen MR) is 39.3 cm³/mol. The van der Waals surface area contributed by atoms with Crippen LogP contribution in [0.4, 0.5) is 0 Å². The normalized spacial score (nSPS) is 22.6. The maximum absolute atomic E-state index is 11.1. The number of carbonyl (C=O) groups is 1. The molecule has 0 spiro atoms. The highest BCUT2D eigenvalue weighted by Gasteiger charge is 2.20. The van der Waals surface area contributed by atoms with Gasteiger partial charge in [-0.1, -0.05) is 0 Å². The maximum Gasteiger partial charge on any atom is 0.269 e. The van der Waals surface area contributed by atoms with Gasteiger partial charge in [0.1, 0.15) is 5.69 Å². The number of nitrogens with one attached hydrogen (secondary N) is 1. The summed E-state index contributed by atoms with van der Waals surface area (Å²) in [7, 11) is 0. The van der Waals surface area contributed by atoms with Gasteiger partial charge in [-0.15, -0.1) is 0 Å². The van der Waals surface area contributed by atoms with Gasteiger partial charge in [0.25, 0.3) is 5.91 Å². The summed E-state index contributed by atoms with van der Waals surface area (Å²) in [6, 6.07) is 0.324. The van der Waals surface area contributed by atoms with Crippen LogP contribution in [0.3, 0.4) is 0 Å². The van der Waals surface area contributed by atoms with Crippen LogP contribution in [0.25, 0.3) is 0 Å². The second kappa shape index (κ2) is 2.08. The lowest BCUT2D eigenvalue weighted by Crippen LogP contribution is -2.37. The molecule has 1 aromatic heterocycles. The zero-order chi connectivity index (χ0) is 7.84. The number of hydrogen-bond acceptors (Lipinski definition) is 2. The van der Waals surface area contributed by atoms with Crippen molar-refractivity contribution in [2.75, 3.05) is 6.54 Å². The Morgan fingerprint density at radius 1 is 1.82 bits per heavy atom. The largest absolute Gasteiger partial charge is 0.349 e. The van der Waals surface area contributed by atoms with Crippen molar-refractivity contribution >= 4 is 5.91 Å². The average molecular weight is 151 g/mol. The number of hydrogen-bond donors (Lipinski definition) is 1. The fraction of sp³-hybridized carbons (Fsp3) is 0.429. The summed E-state index contributed by atoms with van der Waals surface area (Å²) in [5, 5.41) is 2.77. The molecule has 0 bridgehead atoms. The second-order valence-electron chi connectivity index (χ2n) is 2.75. The Morgan fingerprint density at radius 2 is 2.64 bits per heavy atom. The number of imidazole rings is 1. The van der Waals surface area contributed by atoms with E-state index in [0.29, 0.717) is 18.3 Å². The first-order chi connectivity index (χ1) is 5.29. The number of rotatable bonds is 0. The van der Waals surface area contributed by atoms with Crippen LogP contribution in [0.15, 0.2) is 12.5 Å². The van der Waals surface area contributed by atoms with E-state index in [1.165, 1.54) is 0 Å². The molecule has 11 heavy (non-hydrogen) atoms. The lowest BCUT2D eigenvalue weighted by atomic mass is 10.2. The lowest BCUT2D eigenvalue weighted by Gasteiger charge is -2.21. The molecule has 1 N–H and O–H groups in total. The summed E-state index contributed by atoms with van der Waals surface area (Å²) in [5.41, 5.74) is 0.656. The zero-order valence-corrected chi connectivity index (χ0v) is 6.24. The SMILES string of the molecule is C[C@H]1CNC(=O)c2cncn21. The van der Waals surface area contributed by atoms with Crippen LogP contribution in [0.1, 0.15) is 23.5 Å². The lowest BCUT2D eigenvalue weighted by molar-refractivity contribution is 0.0918. The van der Waals surface area contributed by atoms with E-state index in [1.54, 1.807) is 12.5 Å². The van der Waals surface area contributed by atoms with E-state index >= 15 is 0 Å². The molecule has 0 fully saturated rings. The van der Waals surface area contributed by atoms with Crippen LogP contribution in [-0.4, -0.2) is 22.0 Å². The van der Waals surface area contributed by atoms with Crippen LogP contribution in [-0.2, 0) is 0 Å². The minimum absolute atomic E-state index is 0.0272. The molecule has 0 unspecified atom stereocenters. The van der Waals surface area contributed by atoms with Gasteiger partial charge in [0.15, 0.2) is 0 Å². The van der Waals surface area contributed by atoms with E-state index in [-0.39, 0.29) is 5.91 Å². The molecule has 4 nitrogen and oxygen atoms in total. The van der Waals surface area contributed by atoms with E-state index in [1.807, 2.05) is 11.5 Å². The molecular formula is C7H9N3O. The van der Waals surface area contributed by atoms with Crippen LogP contribution in [0.2, 0.25) is 0 Å². The molecule has 0 radical (unpaired) electrons. The molecule has 0 aliphatic carbocycles. The third kappa shape index (κ3) is 0.824. The van der Waals surface area contributed by atoms with Crippen molar-refractivity contribution in [1.29, 1.82) is 0 Å². The molecule has 1 aromatic rings. The highest BCUT2D eigenvalue weighted by molar-refractivity contribution is 5.93. The van der Waals surface area contributed by atoms with Crippen LogP contribution < -0.4 is 5.32 Å². The topological polar surface area (TPSA) is 46.9 Å². The summed E-state index contributed by atoms with van der Waals surface area (Å²) >= 11 is 0. The summed E-state index contributed by atoms with van der Waals surface area (Å²) in [4.78, 5) is 15.0. The average Bonchev–Trinajstić information content (AvgIpc) is 2.45. The highest BCUT2D eigenvalue weighted by Crippen LogP contribution is 2.12. The Morgan fingerprint density at radius 3 is 3.36 bits per heavy atom. The Bertz CT molecular complexity index is 292. The van der Waals surface area contributed by atoms with E-state index in [4.69, 9.17) is 0 Å². The number of aromatic nitrogens is 2. The van der Waals surface area contributed by atoms with Crippen molar-refractivity contribution in [2.45, 2.75) is 13.0 Å². The van der Waals surface area contributed by atoms with Crippen LogP contribution in [0, 0.1) is 0 Å². The molecule has 1 aliphatic heterocycles. The quantitative estimate of drug-likeness (QED) is 0.575. The number of nitrogens with zero attached hydrogens (tertiary/aromatic N) is 2. The molecule has 0 saturated carbocycles. The van der Waals surface area contributed by atoms with Crippen molar-refractivity contribution in [2.24, 2.45) is 0 Å². The number of amides is 1. The van der Waals surface area contributed by atoms with Gasteiger partial charge in [0.2, 0.25) is 0 Å². The van der Waals surface area contributed by atoms with E-state index in [0.717, 1.165) is 0 Å². The van der Waals surface area contributed by atoms with Gasteiger partial charge in [-0.25, -0.2) is 4.98 Å². The Kier molecular flexibility index (Phi) is 1.21. The van der Waals surface area contributed by atoms with Crippen LogP contribution in [0.5, 0.6) is 0 Å². The molecule has 2 rings (SSSR count). The molecule has 2 heterocycles. The van der Waals surface area contributed by atoms with Crippen molar-refractivity contribution in [3.63, 3.8) is 0 Å². The van der Waals surface area contributed by atoms with Crippen molar-refractivity contribution in [1.82, 2.24) is 14.9 Å². The molecule has 0 saturated heterocycles. The first-order valence-corrected chi connectivity index (χ1v) is 3.59. The number of carbonyl (C=O) groups excluding carboxylic acids is 1. The van der Waals surface area contributed by atoms with E-state index in [9.17, 15) is 4.79 Å². The Hall–Kier alpha value is -1.32. The third-order valence-corrected chi connectivity index (χ3v) is 1.93. The molecule has 58 valence electrons. The fourth-order valence-corrected chi connectivity index (χ4v) is 1.26. The zero-order valence-electron chi connectivity index (χ0n) is 6.24. The fourth-order valence-electron chi connectivity index (χ4n) is 1.26. The van der Waals surface area contributed by atoms with Gasteiger partial charge in [-0.3, -0.25) is 4.79 Å². The smallest absolute Gasteiger partial charge is 0.269 e. The molecule has 4 heteroatoms. The third-order valence-electron chi connectivity index (χ3n) is 1.93. The minimum Gasteiger partial charge on any atom is -0.349 e. The monoisotopic (exact) mass is 151 g/mol. The van der Waals surface area contributed by atoms with Gasteiger partial charge in [0, 0.05) is 12.6 Å². The predicted octanol–water partition coefficient (Wildman–Crippen LogP) is 0.188. The first-order valence-electron chi connectivity index (χ1n) is 3.59. The van der Waals surface area contributed by atoms with Gasteiger partial charge in [0.05, 0.1) is 12.5 Å². The summed E-state index contributed by atoms with van der Waals surface area (Å²) in [6.45, 7) is 2.74. The molecule has 1 atom stereocenters. The van der Waals surface area contributed by atoms with E-state index < -0.39 is 0 Å². The van der Waals surface area contributed by atoms with Crippen molar-refractivity contribution in [3.05, 3.63) is 18.2 Å². The molecule has 0 aromatic carbocycles. The summed E-state index contributed by atoms with van der Waals surface area (Å²) < 4.78 is 1.89. The Balaban J connectivity index is 2.51. The van der Waals surface area contributed by atoms with Crippen molar-refractivity contribution in [3.8, 4) is 0 Å². The standard InChI is InChI=1S/C7H9N3O/c1-5-2-9-7(11)6-3-8-4-10(5)6/h3-5H,2H2,1H3,(H,9,11)/t5-/m0/s1. The Labute approximate surface area is 64.2 Å². The maximum atomic E-state index is 11.1. The number of fused-ring (bicyclic) bond motifs is 1. The van der Waals surface area contributed by atoms with Gasteiger partial charge in [-0.05, 0) is 6.92 Å². The molecule has 1 amide bonds. The minimum atomic E-state index is -0.0272.